The lowest BCUT2D eigenvalue weighted by Gasteiger charge is -2.23. The van der Waals surface area contributed by atoms with Gasteiger partial charge in [-0.25, -0.2) is 0 Å². The number of carboxylic acid groups (broad SMARTS) is 1. The number of hydrogen-bond acceptors (Lipinski definition) is 3. The molecule has 0 aromatic rings. The van der Waals surface area contributed by atoms with Gasteiger partial charge in [-0.15, -0.1) is 11.6 Å². The van der Waals surface area contributed by atoms with Crippen molar-refractivity contribution in [3.63, 3.8) is 0 Å². The van der Waals surface area contributed by atoms with Gasteiger partial charge in [-0.05, 0) is 6.92 Å². The first-order chi connectivity index (χ1) is 4.41. The fraction of sp³-hybridized carbons (Fsp3) is 0.800. The van der Waals surface area contributed by atoms with Crippen molar-refractivity contribution in [1.82, 2.24) is 0 Å². The average Bonchev–Trinajstić information content (AvgIpc) is 1.86. The van der Waals surface area contributed by atoms with E-state index in [9.17, 15) is 4.79 Å². The van der Waals surface area contributed by atoms with Crippen molar-refractivity contribution in [3.8, 4) is 0 Å². The highest BCUT2D eigenvalue weighted by Crippen LogP contribution is 2.09. The van der Waals surface area contributed by atoms with Gasteiger partial charge in [-0.1, -0.05) is 0 Å². The van der Waals surface area contributed by atoms with Crippen LogP contribution in [0, 0.1) is 0 Å². The minimum atomic E-state index is -1.53. The zero-order chi connectivity index (χ0) is 8.36. The Hall–Kier alpha value is -0.320. The first kappa shape index (κ1) is 9.68. The second-order valence-corrected chi connectivity index (χ2v) is 2.57. The lowest BCUT2D eigenvalue weighted by atomic mass is 10.0. The third-order valence-electron chi connectivity index (χ3n) is 1.21. The first-order valence-electron chi connectivity index (χ1n) is 2.68. The predicted molar refractivity (Wildman–Crippen MR) is 37.0 cm³/mol. The molecule has 0 radical (unpaired) electrons. The van der Waals surface area contributed by atoms with Gasteiger partial charge in [-0.2, -0.15) is 0 Å². The van der Waals surface area contributed by atoms with Crippen LogP contribution in [0.3, 0.4) is 0 Å². The summed E-state index contributed by atoms with van der Waals surface area (Å²) >= 11 is 5.24. The third kappa shape index (κ3) is 2.13. The van der Waals surface area contributed by atoms with Gasteiger partial charge in [0.2, 0.25) is 0 Å². The summed E-state index contributed by atoms with van der Waals surface area (Å²) in [6, 6.07) is -1.33. The highest BCUT2D eigenvalue weighted by molar-refractivity contribution is 6.18. The van der Waals surface area contributed by atoms with E-state index in [0.29, 0.717) is 0 Å². The number of carbonyl (C=O) groups is 1. The highest BCUT2D eigenvalue weighted by Gasteiger charge is 2.33. The first-order valence-corrected chi connectivity index (χ1v) is 3.22. The van der Waals surface area contributed by atoms with Crippen molar-refractivity contribution < 1.29 is 15.0 Å². The largest absolute Gasteiger partial charge is 0.480 e. The molecule has 1 unspecified atom stereocenters. The molecule has 0 bridgehead atoms. The molecule has 0 aromatic carbocycles. The van der Waals surface area contributed by atoms with E-state index in [-0.39, 0.29) is 5.88 Å². The van der Waals surface area contributed by atoms with Crippen molar-refractivity contribution in [2.24, 2.45) is 5.73 Å². The Morgan fingerprint density at radius 2 is 2.30 bits per heavy atom. The van der Waals surface area contributed by atoms with Crippen LogP contribution in [0.1, 0.15) is 6.92 Å². The number of hydrogen-bond donors (Lipinski definition) is 3. The molecule has 60 valence electrons. The second kappa shape index (κ2) is 3.18. The summed E-state index contributed by atoms with van der Waals surface area (Å²) in [6.07, 6.45) is 0. The van der Waals surface area contributed by atoms with Crippen LogP contribution in [0.4, 0.5) is 0 Å². The molecule has 0 aliphatic rings. The minimum absolute atomic E-state index is 0.194. The molecule has 5 heteroatoms. The summed E-state index contributed by atoms with van der Waals surface area (Å²) in [5.74, 6) is -1.45. The van der Waals surface area contributed by atoms with Crippen molar-refractivity contribution in [1.29, 1.82) is 0 Å². The molecule has 10 heavy (non-hydrogen) atoms. The average molecular weight is 168 g/mol. The van der Waals surface area contributed by atoms with Crippen LogP contribution in [0.2, 0.25) is 0 Å². The molecule has 4 N–H and O–H groups in total. The third-order valence-corrected chi connectivity index (χ3v) is 1.75. The van der Waals surface area contributed by atoms with Crippen molar-refractivity contribution >= 4 is 17.6 Å². The fourth-order valence-corrected chi connectivity index (χ4v) is 0.515. The maximum Gasteiger partial charge on any atom is 0.323 e. The molecule has 0 saturated heterocycles. The normalized spacial score (nSPS) is 19.6. The number of halogens is 1. The molecule has 4 nitrogen and oxygen atoms in total. The van der Waals surface area contributed by atoms with E-state index in [1.165, 1.54) is 6.92 Å². The van der Waals surface area contributed by atoms with Gasteiger partial charge in [0.15, 0.2) is 0 Å². The lowest BCUT2D eigenvalue weighted by molar-refractivity contribution is -0.143. The van der Waals surface area contributed by atoms with Gasteiger partial charge in [0.05, 0.1) is 5.88 Å². The number of rotatable bonds is 3. The van der Waals surface area contributed by atoms with E-state index in [0.717, 1.165) is 0 Å². The summed E-state index contributed by atoms with van der Waals surface area (Å²) in [5, 5.41) is 17.4. The number of alkyl halides is 1. The molecular weight excluding hydrogens is 158 g/mol. The van der Waals surface area contributed by atoms with Crippen LogP contribution in [-0.2, 0) is 4.79 Å². The van der Waals surface area contributed by atoms with Crippen LogP contribution < -0.4 is 5.73 Å². The zero-order valence-electron chi connectivity index (χ0n) is 5.54. The molecule has 0 amide bonds. The Bertz CT molecular complexity index is 137. The SMILES string of the molecule is CC(O)(CCl)[C@H](N)C(=O)O. The minimum Gasteiger partial charge on any atom is -0.480 e. The van der Waals surface area contributed by atoms with Crippen LogP contribution >= 0.6 is 11.6 Å². The quantitative estimate of drug-likeness (QED) is 0.490. The van der Waals surface area contributed by atoms with Gasteiger partial charge >= 0.3 is 5.97 Å². The monoisotopic (exact) mass is 167 g/mol. The van der Waals surface area contributed by atoms with E-state index in [1.807, 2.05) is 0 Å². The van der Waals surface area contributed by atoms with Gasteiger partial charge in [-0.3, -0.25) is 4.79 Å². The molecule has 0 aliphatic heterocycles. The molecular formula is C5H10ClNO3. The molecule has 0 aliphatic carbocycles. The Morgan fingerprint density at radius 1 is 1.90 bits per heavy atom. The summed E-state index contributed by atoms with van der Waals surface area (Å²) < 4.78 is 0. The molecule has 0 aromatic heterocycles. The molecule has 0 saturated carbocycles. The van der Waals surface area contributed by atoms with E-state index in [2.05, 4.69) is 0 Å². The van der Waals surface area contributed by atoms with Crippen molar-refractivity contribution in [2.45, 2.75) is 18.6 Å². The zero-order valence-corrected chi connectivity index (χ0v) is 6.30. The Morgan fingerprint density at radius 3 is 2.40 bits per heavy atom. The summed E-state index contributed by atoms with van der Waals surface area (Å²) in [6.45, 7) is 1.28. The molecule has 0 fully saturated rings. The van der Waals surface area contributed by atoms with E-state index in [4.69, 9.17) is 27.5 Å². The summed E-state index contributed by atoms with van der Waals surface area (Å²) in [5.41, 5.74) is 3.54. The van der Waals surface area contributed by atoms with Gasteiger partial charge in [0, 0.05) is 0 Å². The molecule has 0 heterocycles. The van der Waals surface area contributed by atoms with Crippen LogP contribution in [-0.4, -0.2) is 33.7 Å². The van der Waals surface area contributed by atoms with Gasteiger partial charge < -0.3 is 15.9 Å². The maximum absolute atomic E-state index is 10.2. The smallest absolute Gasteiger partial charge is 0.323 e. The van der Waals surface area contributed by atoms with Crippen LogP contribution in [0.25, 0.3) is 0 Å². The standard InChI is InChI=1S/C5H10ClNO3/c1-5(10,2-6)3(7)4(8)9/h3,10H,2,7H2,1H3,(H,8,9)/t3-,5?/m1/s1. The van der Waals surface area contributed by atoms with Crippen molar-refractivity contribution in [3.05, 3.63) is 0 Å². The van der Waals surface area contributed by atoms with E-state index in [1.54, 1.807) is 0 Å². The maximum atomic E-state index is 10.2. The predicted octanol–water partition coefficient (Wildman–Crippen LogP) is -0.612. The Labute approximate surface area is 63.6 Å². The highest BCUT2D eigenvalue weighted by atomic mass is 35.5. The van der Waals surface area contributed by atoms with Crippen molar-refractivity contribution in [2.75, 3.05) is 5.88 Å². The summed E-state index contributed by atoms with van der Waals surface area (Å²) in [7, 11) is 0. The van der Waals surface area contributed by atoms with E-state index < -0.39 is 17.6 Å². The summed E-state index contributed by atoms with van der Waals surface area (Å²) in [4.78, 5) is 10.2. The second-order valence-electron chi connectivity index (χ2n) is 2.31. The lowest BCUT2D eigenvalue weighted by Crippen LogP contribution is -2.52. The fourth-order valence-electron chi connectivity index (χ4n) is 0.349. The topological polar surface area (TPSA) is 83.5 Å². The Balaban J connectivity index is 4.17. The molecule has 0 rings (SSSR count). The Kier molecular flexibility index (Phi) is 3.08. The number of nitrogens with two attached hydrogens (primary N) is 1. The van der Waals surface area contributed by atoms with E-state index >= 15 is 0 Å². The molecule has 0 spiro atoms. The van der Waals surface area contributed by atoms with Crippen LogP contribution in [0.15, 0.2) is 0 Å². The number of aliphatic hydroxyl groups is 1. The van der Waals surface area contributed by atoms with Gasteiger partial charge in [0.25, 0.3) is 0 Å². The van der Waals surface area contributed by atoms with Gasteiger partial charge in [0.1, 0.15) is 11.6 Å². The van der Waals surface area contributed by atoms with Crippen LogP contribution in [0.5, 0.6) is 0 Å². The molecule has 2 atom stereocenters. The number of aliphatic carboxylic acids is 1. The number of carboxylic acids is 1.